The van der Waals surface area contributed by atoms with Crippen molar-refractivity contribution in [3.8, 4) is 0 Å². The van der Waals surface area contributed by atoms with E-state index in [1.54, 1.807) is 12.1 Å². The molecule has 0 heterocycles. The molecular formula is C11H13BrN2O2. The SMILES string of the molecule is O=[N+]([O-])c1cc(Br)ccc1CNC1CCC1. The number of nitrogens with one attached hydrogen (secondary N) is 1. The summed E-state index contributed by atoms with van der Waals surface area (Å²) in [6.45, 7) is 0.578. The Morgan fingerprint density at radius 1 is 1.50 bits per heavy atom. The lowest BCUT2D eigenvalue weighted by atomic mass is 9.93. The Hall–Kier alpha value is -0.940. The molecule has 2 rings (SSSR count). The Balaban J connectivity index is 2.08. The Labute approximate surface area is 102 Å². The summed E-state index contributed by atoms with van der Waals surface area (Å²) in [6.07, 6.45) is 3.63. The molecule has 1 saturated carbocycles. The molecule has 0 aromatic heterocycles. The van der Waals surface area contributed by atoms with Gasteiger partial charge in [-0.15, -0.1) is 0 Å². The molecule has 0 spiro atoms. The molecule has 0 unspecified atom stereocenters. The van der Waals surface area contributed by atoms with E-state index >= 15 is 0 Å². The highest BCUT2D eigenvalue weighted by Crippen LogP contribution is 2.25. The van der Waals surface area contributed by atoms with E-state index in [9.17, 15) is 10.1 Å². The maximum absolute atomic E-state index is 10.9. The van der Waals surface area contributed by atoms with Crippen LogP contribution in [0.1, 0.15) is 24.8 Å². The van der Waals surface area contributed by atoms with Crippen molar-refractivity contribution in [2.24, 2.45) is 0 Å². The summed E-state index contributed by atoms with van der Waals surface area (Å²) in [7, 11) is 0. The van der Waals surface area contributed by atoms with Gasteiger partial charge in [0.1, 0.15) is 0 Å². The average Bonchev–Trinajstić information content (AvgIpc) is 2.17. The fourth-order valence-corrected chi connectivity index (χ4v) is 2.07. The lowest BCUT2D eigenvalue weighted by Gasteiger charge is -2.26. The van der Waals surface area contributed by atoms with Gasteiger partial charge in [-0.05, 0) is 25.0 Å². The molecule has 0 amide bonds. The van der Waals surface area contributed by atoms with Crippen molar-refractivity contribution in [1.29, 1.82) is 0 Å². The van der Waals surface area contributed by atoms with Gasteiger partial charge in [-0.3, -0.25) is 10.1 Å². The van der Waals surface area contributed by atoms with Crippen LogP contribution in [0.25, 0.3) is 0 Å². The van der Waals surface area contributed by atoms with Gasteiger partial charge in [-0.1, -0.05) is 22.4 Å². The van der Waals surface area contributed by atoms with E-state index < -0.39 is 0 Å². The molecule has 0 saturated heterocycles. The molecule has 1 aromatic carbocycles. The minimum Gasteiger partial charge on any atom is -0.310 e. The topological polar surface area (TPSA) is 55.2 Å². The Morgan fingerprint density at radius 3 is 2.81 bits per heavy atom. The predicted octanol–water partition coefficient (Wildman–Crippen LogP) is 3.00. The monoisotopic (exact) mass is 284 g/mol. The number of rotatable bonds is 4. The molecule has 16 heavy (non-hydrogen) atoms. The number of hydrogen-bond donors (Lipinski definition) is 1. The molecular weight excluding hydrogens is 272 g/mol. The fraction of sp³-hybridized carbons (Fsp3) is 0.455. The maximum atomic E-state index is 10.9. The first-order valence-electron chi connectivity index (χ1n) is 5.33. The Kier molecular flexibility index (Phi) is 3.56. The number of halogens is 1. The van der Waals surface area contributed by atoms with Crippen LogP contribution < -0.4 is 5.32 Å². The second-order valence-electron chi connectivity index (χ2n) is 4.04. The number of benzene rings is 1. The van der Waals surface area contributed by atoms with Crippen LogP contribution in [0.2, 0.25) is 0 Å². The van der Waals surface area contributed by atoms with Gasteiger partial charge in [-0.25, -0.2) is 0 Å². The van der Waals surface area contributed by atoms with Gasteiger partial charge < -0.3 is 5.32 Å². The Morgan fingerprint density at radius 2 is 2.25 bits per heavy atom. The summed E-state index contributed by atoms with van der Waals surface area (Å²) in [5.41, 5.74) is 0.932. The van der Waals surface area contributed by atoms with Crippen LogP contribution in [0.15, 0.2) is 22.7 Å². The molecule has 0 atom stereocenters. The zero-order chi connectivity index (χ0) is 11.5. The average molecular weight is 285 g/mol. The van der Waals surface area contributed by atoms with Gasteiger partial charge in [0.2, 0.25) is 0 Å². The van der Waals surface area contributed by atoms with Crippen LogP contribution in [0.3, 0.4) is 0 Å². The third-order valence-corrected chi connectivity index (χ3v) is 3.42. The predicted molar refractivity (Wildman–Crippen MR) is 65.3 cm³/mol. The highest BCUT2D eigenvalue weighted by atomic mass is 79.9. The van der Waals surface area contributed by atoms with Crippen molar-refractivity contribution in [2.45, 2.75) is 31.8 Å². The summed E-state index contributed by atoms with van der Waals surface area (Å²) in [6, 6.07) is 5.74. The van der Waals surface area contributed by atoms with E-state index in [2.05, 4.69) is 21.2 Å². The van der Waals surface area contributed by atoms with Gasteiger partial charge in [0.15, 0.2) is 0 Å². The summed E-state index contributed by atoms with van der Waals surface area (Å²) >= 11 is 3.24. The highest BCUT2D eigenvalue weighted by molar-refractivity contribution is 9.10. The second-order valence-corrected chi connectivity index (χ2v) is 4.95. The summed E-state index contributed by atoms with van der Waals surface area (Å²) < 4.78 is 0.742. The van der Waals surface area contributed by atoms with Gasteiger partial charge in [0.25, 0.3) is 5.69 Å². The third-order valence-electron chi connectivity index (χ3n) is 2.93. The van der Waals surface area contributed by atoms with Crippen molar-refractivity contribution in [3.05, 3.63) is 38.3 Å². The highest BCUT2D eigenvalue weighted by Gasteiger charge is 2.19. The molecule has 1 aromatic rings. The first kappa shape index (κ1) is 11.5. The van der Waals surface area contributed by atoms with E-state index in [0.717, 1.165) is 10.0 Å². The van der Waals surface area contributed by atoms with Crippen LogP contribution in [-0.4, -0.2) is 11.0 Å². The zero-order valence-electron chi connectivity index (χ0n) is 8.78. The maximum Gasteiger partial charge on any atom is 0.275 e. The van der Waals surface area contributed by atoms with Crippen molar-refractivity contribution in [1.82, 2.24) is 5.32 Å². The normalized spacial score (nSPS) is 15.8. The Bertz CT molecular complexity index is 405. The second kappa shape index (κ2) is 4.93. The van der Waals surface area contributed by atoms with Gasteiger partial charge in [0, 0.05) is 28.7 Å². The van der Waals surface area contributed by atoms with Gasteiger partial charge in [0.05, 0.1) is 4.92 Å². The summed E-state index contributed by atoms with van der Waals surface area (Å²) in [5, 5.41) is 14.2. The third kappa shape index (κ3) is 2.59. The van der Waals surface area contributed by atoms with E-state index in [4.69, 9.17) is 0 Å². The quantitative estimate of drug-likeness (QED) is 0.683. The first-order valence-corrected chi connectivity index (χ1v) is 6.12. The van der Waals surface area contributed by atoms with Crippen molar-refractivity contribution < 1.29 is 4.92 Å². The lowest BCUT2D eigenvalue weighted by molar-refractivity contribution is -0.385. The molecule has 1 aliphatic rings. The van der Waals surface area contributed by atoms with E-state index in [1.807, 2.05) is 6.07 Å². The number of hydrogen-bond acceptors (Lipinski definition) is 3. The van der Waals surface area contributed by atoms with Gasteiger partial charge >= 0.3 is 0 Å². The molecule has 5 heteroatoms. The molecule has 1 aliphatic carbocycles. The molecule has 1 N–H and O–H groups in total. The van der Waals surface area contributed by atoms with Crippen LogP contribution in [0, 0.1) is 10.1 Å². The smallest absolute Gasteiger partial charge is 0.275 e. The molecule has 0 radical (unpaired) electrons. The first-order chi connectivity index (χ1) is 7.66. The van der Waals surface area contributed by atoms with Gasteiger partial charge in [-0.2, -0.15) is 0 Å². The van der Waals surface area contributed by atoms with Crippen LogP contribution in [-0.2, 0) is 6.54 Å². The van der Waals surface area contributed by atoms with E-state index in [1.165, 1.54) is 19.3 Å². The largest absolute Gasteiger partial charge is 0.310 e. The van der Waals surface area contributed by atoms with E-state index in [-0.39, 0.29) is 10.6 Å². The zero-order valence-corrected chi connectivity index (χ0v) is 10.4. The van der Waals surface area contributed by atoms with Crippen LogP contribution in [0.4, 0.5) is 5.69 Å². The molecule has 0 bridgehead atoms. The minimum atomic E-state index is -0.331. The van der Waals surface area contributed by atoms with E-state index in [0.29, 0.717) is 12.6 Å². The summed E-state index contributed by atoms with van der Waals surface area (Å²) in [4.78, 5) is 10.5. The number of nitrogens with zero attached hydrogens (tertiary/aromatic N) is 1. The lowest BCUT2D eigenvalue weighted by Crippen LogP contribution is -2.34. The molecule has 86 valence electrons. The molecule has 1 fully saturated rings. The standard InChI is InChI=1S/C11H13BrN2O2/c12-9-5-4-8(11(6-9)14(15)16)7-13-10-2-1-3-10/h4-6,10,13H,1-3,7H2. The van der Waals surface area contributed by atoms with Crippen molar-refractivity contribution in [2.75, 3.05) is 0 Å². The minimum absolute atomic E-state index is 0.182. The molecule has 0 aliphatic heterocycles. The van der Waals surface area contributed by atoms with Crippen molar-refractivity contribution >= 4 is 21.6 Å². The summed E-state index contributed by atoms with van der Waals surface area (Å²) in [5.74, 6) is 0. The van der Waals surface area contributed by atoms with Crippen LogP contribution in [0.5, 0.6) is 0 Å². The number of nitro benzene ring substituents is 1. The van der Waals surface area contributed by atoms with Crippen LogP contribution >= 0.6 is 15.9 Å². The fourth-order valence-electron chi connectivity index (χ4n) is 1.72. The molecule has 4 nitrogen and oxygen atoms in total. The van der Waals surface area contributed by atoms with Crippen molar-refractivity contribution in [3.63, 3.8) is 0 Å². The number of nitro groups is 1.